The van der Waals surface area contributed by atoms with Crippen LogP contribution in [0.25, 0.3) is 0 Å². The molecule has 3 rings (SSSR count). The monoisotopic (exact) mass is 383 g/mol. The van der Waals surface area contributed by atoms with Crippen LogP contribution in [0.3, 0.4) is 0 Å². The molecule has 5 nitrogen and oxygen atoms in total. The molecule has 0 radical (unpaired) electrons. The van der Waals surface area contributed by atoms with Crippen molar-refractivity contribution in [1.29, 1.82) is 0 Å². The summed E-state index contributed by atoms with van der Waals surface area (Å²) in [5, 5.41) is 3.10. The van der Waals surface area contributed by atoms with Gasteiger partial charge in [0.2, 0.25) is 0 Å². The second-order valence-electron chi connectivity index (χ2n) is 7.09. The second-order valence-corrected chi connectivity index (χ2v) is 7.09. The van der Waals surface area contributed by atoms with E-state index < -0.39 is 0 Å². The molecule has 1 aliphatic heterocycles. The molecule has 2 aromatic carbocycles. The summed E-state index contributed by atoms with van der Waals surface area (Å²) < 4.78 is 14.6. The number of nitrogens with one attached hydrogen (secondary N) is 1. The van der Waals surface area contributed by atoms with Crippen molar-refractivity contribution in [2.75, 3.05) is 42.9 Å². The number of nitrogens with zero attached hydrogens (tertiary/aromatic N) is 3. The van der Waals surface area contributed by atoms with E-state index in [1.54, 1.807) is 6.07 Å². The van der Waals surface area contributed by atoms with Crippen LogP contribution in [0.4, 0.5) is 15.8 Å². The number of rotatable bonds is 6. The number of guanidine groups is 1. The molecule has 1 fully saturated rings. The number of hydrogen-bond acceptors (Lipinski definition) is 3. The third kappa shape index (κ3) is 5.23. The molecule has 2 aromatic rings. The molecule has 0 aliphatic carbocycles. The first kappa shape index (κ1) is 20.1. The minimum Gasteiger partial charge on any atom is -0.370 e. The average Bonchev–Trinajstić information content (AvgIpc) is 2.72. The lowest BCUT2D eigenvalue weighted by Crippen LogP contribution is -2.46. The molecule has 3 N–H and O–H groups in total. The molecule has 0 unspecified atom stereocenters. The summed E-state index contributed by atoms with van der Waals surface area (Å²) in [5.41, 5.74) is 9.61. The largest absolute Gasteiger partial charge is 0.370 e. The van der Waals surface area contributed by atoms with E-state index in [1.165, 1.54) is 5.56 Å². The minimum absolute atomic E-state index is 0.195. The Hall–Kier alpha value is -2.60. The van der Waals surface area contributed by atoms with Crippen molar-refractivity contribution in [3.8, 4) is 0 Å². The Morgan fingerprint density at radius 1 is 1.07 bits per heavy atom. The predicted molar refractivity (Wildman–Crippen MR) is 115 cm³/mol. The summed E-state index contributed by atoms with van der Waals surface area (Å²) in [4.78, 5) is 8.84. The van der Waals surface area contributed by atoms with Crippen molar-refractivity contribution < 1.29 is 4.39 Å². The molecule has 0 spiro atoms. The number of aliphatic imine (C=N–C) groups is 1. The number of anilines is 2. The van der Waals surface area contributed by atoms with Crippen LogP contribution in [0.1, 0.15) is 25.0 Å². The molecule has 1 aliphatic rings. The van der Waals surface area contributed by atoms with Crippen molar-refractivity contribution in [2.45, 2.75) is 26.8 Å². The molecule has 6 heteroatoms. The Balaban J connectivity index is 1.60. The van der Waals surface area contributed by atoms with Crippen molar-refractivity contribution in [3.63, 3.8) is 0 Å². The van der Waals surface area contributed by atoms with Crippen molar-refractivity contribution in [3.05, 3.63) is 59.4 Å². The minimum atomic E-state index is -0.195. The van der Waals surface area contributed by atoms with Gasteiger partial charge < -0.3 is 20.9 Å². The number of likely N-dealkylation sites (N-methyl/N-ethyl adjacent to an activating group) is 1. The van der Waals surface area contributed by atoms with Gasteiger partial charge in [-0.2, -0.15) is 0 Å². The van der Waals surface area contributed by atoms with E-state index in [1.807, 2.05) is 24.3 Å². The number of benzene rings is 2. The van der Waals surface area contributed by atoms with Crippen LogP contribution in [0.2, 0.25) is 0 Å². The van der Waals surface area contributed by atoms with Crippen molar-refractivity contribution in [2.24, 2.45) is 10.7 Å². The lowest BCUT2D eigenvalue weighted by Gasteiger charge is -2.35. The molecular weight excluding hydrogens is 353 g/mol. The summed E-state index contributed by atoms with van der Waals surface area (Å²) in [7, 11) is 0. The van der Waals surface area contributed by atoms with Crippen LogP contribution in [0.5, 0.6) is 0 Å². The highest BCUT2D eigenvalue weighted by Gasteiger charge is 2.18. The van der Waals surface area contributed by atoms with E-state index in [9.17, 15) is 4.39 Å². The van der Waals surface area contributed by atoms with E-state index in [-0.39, 0.29) is 5.82 Å². The standard InChI is InChI=1S/C22H30FN5/c1-3-17-6-5-7-19(14-17)26-22(24)25-16-18-8-9-21(20(23)15-18)28-12-10-27(4-2)11-13-28/h5-9,14-15H,3-4,10-13,16H2,1-2H3,(H3,24,25,26). The number of nitrogens with two attached hydrogens (primary N) is 1. The van der Waals surface area contributed by atoms with Gasteiger partial charge in [0.25, 0.3) is 0 Å². The quantitative estimate of drug-likeness (QED) is 0.593. The number of hydrogen-bond donors (Lipinski definition) is 2. The maximum absolute atomic E-state index is 14.6. The molecule has 1 saturated heterocycles. The zero-order chi connectivity index (χ0) is 19.9. The average molecular weight is 384 g/mol. The fraction of sp³-hybridized carbons (Fsp3) is 0.409. The van der Waals surface area contributed by atoms with E-state index >= 15 is 0 Å². The molecule has 0 amide bonds. The predicted octanol–water partition coefficient (Wildman–Crippen LogP) is 3.46. The van der Waals surface area contributed by atoms with Gasteiger partial charge in [0.15, 0.2) is 5.96 Å². The van der Waals surface area contributed by atoms with E-state index in [4.69, 9.17) is 5.73 Å². The lowest BCUT2D eigenvalue weighted by molar-refractivity contribution is 0.270. The first-order chi connectivity index (χ1) is 13.6. The van der Waals surface area contributed by atoms with E-state index in [2.05, 4.69) is 46.1 Å². The Morgan fingerprint density at radius 3 is 2.54 bits per heavy atom. The van der Waals surface area contributed by atoms with Crippen molar-refractivity contribution in [1.82, 2.24) is 4.90 Å². The van der Waals surface area contributed by atoms with Gasteiger partial charge in [-0.15, -0.1) is 0 Å². The Labute approximate surface area is 167 Å². The topological polar surface area (TPSA) is 56.9 Å². The maximum Gasteiger partial charge on any atom is 0.193 e. The smallest absolute Gasteiger partial charge is 0.193 e. The van der Waals surface area contributed by atoms with Crippen LogP contribution in [-0.2, 0) is 13.0 Å². The van der Waals surface area contributed by atoms with Crippen molar-refractivity contribution >= 4 is 17.3 Å². The maximum atomic E-state index is 14.6. The number of piperazine rings is 1. The molecule has 0 aromatic heterocycles. The third-order valence-corrected chi connectivity index (χ3v) is 5.21. The van der Waals surface area contributed by atoms with Gasteiger partial charge in [0, 0.05) is 31.9 Å². The summed E-state index contributed by atoms with van der Waals surface area (Å²) in [6.45, 7) is 9.32. The van der Waals surface area contributed by atoms with Gasteiger partial charge in [-0.1, -0.05) is 32.0 Å². The fourth-order valence-electron chi connectivity index (χ4n) is 3.44. The number of aryl methyl sites for hydroxylation is 1. The Morgan fingerprint density at radius 2 is 1.86 bits per heavy atom. The summed E-state index contributed by atoms with van der Waals surface area (Å²) in [5.74, 6) is 0.133. The van der Waals surface area contributed by atoms with E-state index in [0.29, 0.717) is 18.2 Å². The molecule has 0 bridgehead atoms. The third-order valence-electron chi connectivity index (χ3n) is 5.21. The van der Waals surface area contributed by atoms with Crippen LogP contribution < -0.4 is 16.0 Å². The highest BCUT2D eigenvalue weighted by Crippen LogP contribution is 2.22. The molecule has 0 atom stereocenters. The summed E-state index contributed by atoms with van der Waals surface area (Å²) >= 11 is 0. The molecular formula is C22H30FN5. The second kappa shape index (κ2) is 9.55. The highest BCUT2D eigenvalue weighted by atomic mass is 19.1. The van der Waals surface area contributed by atoms with Crippen LogP contribution in [-0.4, -0.2) is 43.6 Å². The van der Waals surface area contributed by atoms with Gasteiger partial charge in [0.1, 0.15) is 5.82 Å². The van der Waals surface area contributed by atoms with E-state index in [0.717, 1.165) is 50.4 Å². The molecule has 28 heavy (non-hydrogen) atoms. The van der Waals surface area contributed by atoms with Crippen LogP contribution >= 0.6 is 0 Å². The van der Waals surface area contributed by atoms with Gasteiger partial charge in [0.05, 0.1) is 12.2 Å². The zero-order valence-corrected chi connectivity index (χ0v) is 16.8. The summed E-state index contributed by atoms with van der Waals surface area (Å²) in [6, 6.07) is 13.4. The molecule has 1 heterocycles. The normalized spacial score (nSPS) is 15.7. The van der Waals surface area contributed by atoms with Gasteiger partial charge >= 0.3 is 0 Å². The SMILES string of the molecule is CCc1cccc(NC(N)=NCc2ccc(N3CCN(CC)CC3)c(F)c2)c1. The first-order valence-corrected chi connectivity index (χ1v) is 10.0. The Bertz CT molecular complexity index is 812. The summed E-state index contributed by atoms with van der Waals surface area (Å²) in [6.07, 6.45) is 0.964. The Kier molecular flexibility index (Phi) is 6.87. The van der Waals surface area contributed by atoms with Gasteiger partial charge in [-0.05, 0) is 48.4 Å². The molecule has 0 saturated carbocycles. The first-order valence-electron chi connectivity index (χ1n) is 10.0. The fourth-order valence-corrected chi connectivity index (χ4v) is 3.44. The van der Waals surface area contributed by atoms with Crippen LogP contribution in [0, 0.1) is 5.82 Å². The van der Waals surface area contributed by atoms with Gasteiger partial charge in [-0.25, -0.2) is 9.38 Å². The van der Waals surface area contributed by atoms with Crippen LogP contribution in [0.15, 0.2) is 47.5 Å². The van der Waals surface area contributed by atoms with Gasteiger partial charge in [-0.3, -0.25) is 0 Å². The lowest BCUT2D eigenvalue weighted by atomic mass is 10.1. The zero-order valence-electron chi connectivity index (χ0n) is 16.8. The molecule has 150 valence electrons. The number of halogens is 1. The highest BCUT2D eigenvalue weighted by molar-refractivity contribution is 5.92.